The Morgan fingerprint density at radius 2 is 0.984 bits per heavy atom. The van der Waals surface area contributed by atoms with Gasteiger partial charge in [0.1, 0.15) is 11.1 Å². The predicted molar refractivity (Wildman–Crippen MR) is 248 cm³/mol. The third kappa shape index (κ3) is 15.7. The van der Waals surface area contributed by atoms with Gasteiger partial charge in [-0.05, 0) is 112 Å². The largest absolute Gasteiger partial charge is 0.462 e. The summed E-state index contributed by atoms with van der Waals surface area (Å²) in [5, 5.41) is 14.6. The summed E-state index contributed by atoms with van der Waals surface area (Å²) in [5.41, 5.74) is 3.57. The Labute approximate surface area is 373 Å². The molecule has 3 aromatic carbocycles. The molecule has 1 atom stereocenters. The summed E-state index contributed by atoms with van der Waals surface area (Å²) in [6.07, 6.45) is 6.96. The second kappa shape index (κ2) is 24.7. The van der Waals surface area contributed by atoms with Gasteiger partial charge >= 0.3 is 17.9 Å². The molecule has 0 aliphatic carbocycles. The highest BCUT2D eigenvalue weighted by molar-refractivity contribution is 6.20. The first-order valence-electron chi connectivity index (χ1n) is 21.0. The van der Waals surface area contributed by atoms with Crippen LogP contribution < -0.4 is 26.6 Å². The van der Waals surface area contributed by atoms with E-state index in [1.165, 1.54) is 12.2 Å². The second-order valence-electron chi connectivity index (χ2n) is 14.5. The summed E-state index contributed by atoms with van der Waals surface area (Å²) >= 11 is 0. The number of anilines is 6. The summed E-state index contributed by atoms with van der Waals surface area (Å²) in [6.45, 7) is 18.6. The van der Waals surface area contributed by atoms with Gasteiger partial charge in [0.05, 0.1) is 25.4 Å². The number of unbranched alkanes of at least 4 members (excludes halogenated alkanes) is 1. The lowest BCUT2D eigenvalue weighted by atomic mass is 10.0. The number of carbonyl (C=O) groups is 5. The highest BCUT2D eigenvalue weighted by atomic mass is 16.5. The molecule has 4 aromatic rings. The number of esters is 3. The maximum absolute atomic E-state index is 12.9. The van der Waals surface area contributed by atoms with E-state index in [1.807, 2.05) is 0 Å². The van der Waals surface area contributed by atoms with Crippen LogP contribution in [-0.2, 0) is 33.4 Å². The van der Waals surface area contributed by atoms with Crippen molar-refractivity contribution >= 4 is 76.8 Å². The van der Waals surface area contributed by atoms with E-state index in [0.29, 0.717) is 57.7 Å². The number of carbonyl (C=O) groups excluding carboxylic acids is 5. The first-order chi connectivity index (χ1) is 30.7. The van der Waals surface area contributed by atoms with Gasteiger partial charge in [0.15, 0.2) is 0 Å². The van der Waals surface area contributed by atoms with Gasteiger partial charge < -0.3 is 40.8 Å². The monoisotopic (exact) mass is 872 g/mol. The minimum absolute atomic E-state index is 0.0918. The molecule has 64 heavy (non-hydrogen) atoms. The number of nitrogens with zero attached hydrogens (tertiary/aromatic N) is 3. The van der Waals surface area contributed by atoms with Gasteiger partial charge in [0.2, 0.25) is 17.8 Å². The number of amides is 2. The summed E-state index contributed by atoms with van der Waals surface area (Å²) < 4.78 is 15.8. The molecule has 0 spiro atoms. The van der Waals surface area contributed by atoms with E-state index in [2.05, 4.69) is 68.5 Å². The molecule has 0 fully saturated rings. The molecule has 5 N–H and O–H groups in total. The van der Waals surface area contributed by atoms with Crippen molar-refractivity contribution in [2.45, 2.75) is 67.2 Å². The number of nitrogens with one attached hydrogen (secondary N) is 5. The molecular formula is C48H56N8O8. The van der Waals surface area contributed by atoms with Crippen LogP contribution in [0.3, 0.4) is 0 Å². The fourth-order valence-corrected chi connectivity index (χ4v) is 5.83. The number of aromatic nitrogens is 3. The Morgan fingerprint density at radius 3 is 1.33 bits per heavy atom. The minimum atomic E-state index is -0.773. The first-order valence-corrected chi connectivity index (χ1v) is 21.0. The van der Waals surface area contributed by atoms with Crippen molar-refractivity contribution in [1.29, 1.82) is 0 Å². The molecule has 0 saturated carbocycles. The van der Waals surface area contributed by atoms with E-state index in [-0.39, 0.29) is 42.2 Å². The SMILES string of the molecule is C=C(C)NC(=O)/C(=C\c1ccc(Nc2nc(Nc3ccc(/C=C(\C(=O)NC(=C)C)C(=O)OCC)cc3)nc(Nc3ccc(C(=O)OCC(CC)CCCC)cc3)n2)cc1)C(=O)OCC. The van der Waals surface area contributed by atoms with Gasteiger partial charge in [-0.1, -0.05) is 70.5 Å². The quantitative estimate of drug-likeness (QED) is 0.0155. The molecule has 1 heterocycles. The lowest BCUT2D eigenvalue weighted by molar-refractivity contribution is -0.141. The summed E-state index contributed by atoms with van der Waals surface area (Å²) in [6, 6.07) is 20.4. The molecule has 1 unspecified atom stereocenters. The van der Waals surface area contributed by atoms with Crippen molar-refractivity contribution < 1.29 is 38.2 Å². The van der Waals surface area contributed by atoms with Gasteiger partial charge in [-0.25, -0.2) is 14.4 Å². The Morgan fingerprint density at radius 1 is 0.594 bits per heavy atom. The molecule has 16 nitrogen and oxygen atoms in total. The van der Waals surface area contributed by atoms with Gasteiger partial charge in [0.25, 0.3) is 11.8 Å². The Kier molecular flexibility index (Phi) is 18.9. The van der Waals surface area contributed by atoms with E-state index in [1.54, 1.807) is 100 Å². The molecule has 0 bridgehead atoms. The molecule has 0 saturated heterocycles. The maximum atomic E-state index is 12.9. The van der Waals surface area contributed by atoms with Crippen LogP contribution in [0.5, 0.6) is 0 Å². The number of benzene rings is 3. The van der Waals surface area contributed by atoms with Crippen LogP contribution in [0.25, 0.3) is 12.2 Å². The average molecular weight is 873 g/mol. The van der Waals surface area contributed by atoms with Crippen LogP contribution in [0.1, 0.15) is 88.7 Å². The zero-order chi connectivity index (χ0) is 46.6. The number of allylic oxidation sites excluding steroid dienone is 2. The van der Waals surface area contributed by atoms with Gasteiger partial charge in [-0.2, -0.15) is 15.0 Å². The van der Waals surface area contributed by atoms with Crippen LogP contribution in [0, 0.1) is 5.92 Å². The molecule has 0 radical (unpaired) electrons. The molecule has 336 valence electrons. The zero-order valence-electron chi connectivity index (χ0n) is 37.1. The molecule has 0 aliphatic heterocycles. The third-order valence-electron chi connectivity index (χ3n) is 9.09. The standard InChI is InChI=1S/C48H56N8O8/c1-9-13-14-32(10-2)29-64-43(59)35-19-25-38(26-20-35)53-48-55-46(51-36-21-15-33(16-22-36)27-39(44(60)62-11-3)41(57)49-30(5)6)54-47(56-48)52-37-23-17-34(18-24-37)28-40(45(61)63-12-4)42(58)50-31(7)8/h15-28,32H,5,7,9-14,29H2,1-4,6,8H3,(H,49,57)(H,50,58)(H3,51,52,53,54,55,56)/b39-27+,40-28+. The third-order valence-corrected chi connectivity index (χ3v) is 9.09. The number of hydrogen-bond acceptors (Lipinski definition) is 14. The normalized spacial score (nSPS) is 11.7. The Hall–Kier alpha value is -7.62. The molecule has 1 aromatic heterocycles. The van der Waals surface area contributed by atoms with E-state index in [0.717, 1.165) is 25.7 Å². The molecule has 2 amide bonds. The summed E-state index contributed by atoms with van der Waals surface area (Å²) in [7, 11) is 0. The fourth-order valence-electron chi connectivity index (χ4n) is 5.83. The van der Waals surface area contributed by atoms with Crippen LogP contribution in [0.2, 0.25) is 0 Å². The number of rotatable bonds is 23. The average Bonchev–Trinajstić information content (AvgIpc) is 3.25. The predicted octanol–water partition coefficient (Wildman–Crippen LogP) is 8.67. The van der Waals surface area contributed by atoms with E-state index >= 15 is 0 Å². The second-order valence-corrected chi connectivity index (χ2v) is 14.5. The first kappa shape index (κ1) is 49.0. The Bertz CT molecular complexity index is 2230. The van der Waals surface area contributed by atoms with Crippen molar-refractivity contribution in [2.75, 3.05) is 35.8 Å². The van der Waals surface area contributed by atoms with Crippen LogP contribution >= 0.6 is 0 Å². The molecular weight excluding hydrogens is 817 g/mol. The highest BCUT2D eigenvalue weighted by Gasteiger charge is 2.21. The topological polar surface area (TPSA) is 212 Å². The fraction of sp³-hybridized carbons (Fsp3) is 0.292. The van der Waals surface area contributed by atoms with Crippen molar-refractivity contribution in [3.63, 3.8) is 0 Å². The van der Waals surface area contributed by atoms with Crippen molar-refractivity contribution in [3.05, 3.63) is 125 Å². The van der Waals surface area contributed by atoms with Gasteiger partial charge in [0, 0.05) is 28.5 Å². The number of ether oxygens (including phenoxy) is 3. The number of hydrogen-bond donors (Lipinski definition) is 5. The summed E-state index contributed by atoms with van der Waals surface area (Å²) in [4.78, 5) is 77.4. The molecule has 0 aliphatic rings. The lowest BCUT2D eigenvalue weighted by Crippen LogP contribution is -2.27. The van der Waals surface area contributed by atoms with Gasteiger partial charge in [-0.3, -0.25) is 9.59 Å². The van der Waals surface area contributed by atoms with E-state index < -0.39 is 29.7 Å². The van der Waals surface area contributed by atoms with Crippen LogP contribution in [0.15, 0.2) is 108 Å². The minimum Gasteiger partial charge on any atom is -0.462 e. The summed E-state index contributed by atoms with van der Waals surface area (Å²) in [5.74, 6) is -2.47. The van der Waals surface area contributed by atoms with Crippen molar-refractivity contribution in [1.82, 2.24) is 25.6 Å². The van der Waals surface area contributed by atoms with E-state index in [9.17, 15) is 24.0 Å². The highest BCUT2D eigenvalue weighted by Crippen LogP contribution is 2.24. The Balaban J connectivity index is 1.62. The van der Waals surface area contributed by atoms with Crippen LogP contribution in [-0.4, -0.2) is 64.5 Å². The lowest BCUT2D eigenvalue weighted by Gasteiger charge is -2.15. The van der Waals surface area contributed by atoms with Crippen molar-refractivity contribution in [2.24, 2.45) is 5.92 Å². The van der Waals surface area contributed by atoms with Gasteiger partial charge in [-0.15, -0.1) is 0 Å². The van der Waals surface area contributed by atoms with Crippen LogP contribution in [0.4, 0.5) is 34.9 Å². The maximum Gasteiger partial charge on any atom is 0.343 e. The zero-order valence-corrected chi connectivity index (χ0v) is 37.1. The molecule has 16 heteroatoms. The smallest absolute Gasteiger partial charge is 0.343 e. The van der Waals surface area contributed by atoms with Crippen molar-refractivity contribution in [3.8, 4) is 0 Å². The van der Waals surface area contributed by atoms with E-state index in [4.69, 9.17) is 14.2 Å². The molecule has 4 rings (SSSR count).